The minimum absolute atomic E-state index is 0.0396. The van der Waals surface area contributed by atoms with E-state index in [-0.39, 0.29) is 11.9 Å². The van der Waals surface area contributed by atoms with Gasteiger partial charge in [0.1, 0.15) is 6.04 Å². The Morgan fingerprint density at radius 3 is 2.72 bits per heavy atom. The topological polar surface area (TPSA) is 85.2 Å². The second-order valence-electron chi connectivity index (χ2n) is 6.90. The molecule has 25 heavy (non-hydrogen) atoms. The quantitative estimate of drug-likeness (QED) is 0.859. The largest absolute Gasteiger partial charge is 0.335 e. The fourth-order valence-electron chi connectivity index (χ4n) is 4.22. The zero-order valence-corrected chi connectivity index (χ0v) is 14.9. The van der Waals surface area contributed by atoms with E-state index in [9.17, 15) is 4.79 Å². The molecule has 2 bridgehead atoms. The predicted molar refractivity (Wildman–Crippen MR) is 95.9 cm³/mol. The summed E-state index contributed by atoms with van der Waals surface area (Å²) in [4.78, 5) is 25.3. The van der Waals surface area contributed by atoms with Crippen LogP contribution < -0.4 is 10.2 Å². The number of rotatable bonds is 4. The highest BCUT2D eigenvalue weighted by atomic mass is 32.2. The van der Waals surface area contributed by atoms with E-state index < -0.39 is 0 Å². The third-order valence-electron chi connectivity index (χ3n) is 5.41. The van der Waals surface area contributed by atoms with Crippen LogP contribution in [0.1, 0.15) is 25.7 Å². The number of nitriles is 1. The average molecular weight is 358 g/mol. The van der Waals surface area contributed by atoms with Gasteiger partial charge in [0.2, 0.25) is 11.9 Å². The van der Waals surface area contributed by atoms with Crippen molar-refractivity contribution in [3.8, 4) is 6.07 Å². The van der Waals surface area contributed by atoms with Crippen LogP contribution in [0.5, 0.6) is 0 Å². The Bertz CT molecular complexity index is 651. The van der Waals surface area contributed by atoms with Gasteiger partial charge in [-0.2, -0.15) is 5.26 Å². The van der Waals surface area contributed by atoms with Crippen LogP contribution >= 0.6 is 11.8 Å². The SMILES string of the molecule is N#CC1CSCN1C(=O)CNC1C[C@H]2CC[C@H](C1)N2c1ncccn1. The molecule has 1 N–H and O–H groups in total. The average Bonchev–Trinajstić information content (AvgIpc) is 3.23. The van der Waals surface area contributed by atoms with Gasteiger partial charge in [-0.05, 0) is 31.7 Å². The molecule has 0 aliphatic carbocycles. The summed E-state index contributed by atoms with van der Waals surface area (Å²) in [7, 11) is 0. The number of carbonyl (C=O) groups is 1. The summed E-state index contributed by atoms with van der Waals surface area (Å²) in [5.41, 5.74) is 0. The van der Waals surface area contributed by atoms with Crippen LogP contribution in [0.25, 0.3) is 0 Å². The second kappa shape index (κ2) is 7.18. The van der Waals surface area contributed by atoms with Gasteiger partial charge in [-0.25, -0.2) is 9.97 Å². The Balaban J connectivity index is 1.33. The van der Waals surface area contributed by atoms with E-state index in [1.54, 1.807) is 29.1 Å². The number of carbonyl (C=O) groups excluding carboxylic acids is 1. The van der Waals surface area contributed by atoms with E-state index in [1.165, 1.54) is 0 Å². The Hall–Kier alpha value is -1.85. The first-order chi connectivity index (χ1) is 12.3. The number of hydrogen-bond donors (Lipinski definition) is 1. The molecule has 3 saturated heterocycles. The number of thioether (sulfide) groups is 1. The molecule has 3 atom stereocenters. The van der Waals surface area contributed by atoms with Crippen molar-refractivity contribution >= 4 is 23.6 Å². The Kier molecular flexibility index (Phi) is 4.77. The smallest absolute Gasteiger partial charge is 0.238 e. The minimum atomic E-state index is -0.271. The lowest BCUT2D eigenvalue weighted by Crippen LogP contribution is -2.52. The molecule has 3 aliphatic heterocycles. The van der Waals surface area contributed by atoms with E-state index in [2.05, 4.69) is 26.3 Å². The second-order valence-corrected chi connectivity index (χ2v) is 7.90. The molecule has 1 aromatic rings. The monoisotopic (exact) mass is 358 g/mol. The molecule has 4 rings (SSSR count). The summed E-state index contributed by atoms with van der Waals surface area (Å²) in [6, 6.07) is 5.03. The Morgan fingerprint density at radius 2 is 2.04 bits per heavy atom. The van der Waals surface area contributed by atoms with Gasteiger partial charge in [-0.1, -0.05) is 0 Å². The van der Waals surface area contributed by atoms with Crippen molar-refractivity contribution < 1.29 is 4.79 Å². The zero-order chi connectivity index (χ0) is 17.2. The fraction of sp³-hybridized carbons (Fsp3) is 0.647. The third-order valence-corrected chi connectivity index (χ3v) is 6.42. The first kappa shape index (κ1) is 16.6. The minimum Gasteiger partial charge on any atom is -0.335 e. The van der Waals surface area contributed by atoms with Crippen molar-refractivity contribution in [3.63, 3.8) is 0 Å². The molecule has 132 valence electrons. The van der Waals surface area contributed by atoms with Crippen LogP contribution in [0.4, 0.5) is 5.95 Å². The van der Waals surface area contributed by atoms with Gasteiger partial charge in [0.15, 0.2) is 0 Å². The Labute approximate surface area is 151 Å². The standard InChI is InChI=1S/C17H22N6OS/c18-8-15-10-25-11-22(15)16(24)9-21-12-6-13-2-3-14(7-12)23(13)17-19-4-1-5-20-17/h1,4-5,12-15,21H,2-3,6-7,9-11H2/t13-,14-,15?/m1/s1. The normalized spacial score (nSPS) is 31.2. The van der Waals surface area contributed by atoms with Crippen LogP contribution in [0, 0.1) is 11.3 Å². The first-order valence-corrected chi connectivity index (χ1v) is 9.97. The summed E-state index contributed by atoms with van der Waals surface area (Å²) >= 11 is 1.65. The molecule has 4 heterocycles. The highest BCUT2D eigenvalue weighted by Gasteiger charge is 2.42. The van der Waals surface area contributed by atoms with Gasteiger partial charge in [0.05, 0.1) is 18.5 Å². The van der Waals surface area contributed by atoms with Crippen molar-refractivity contribution in [1.29, 1.82) is 5.26 Å². The van der Waals surface area contributed by atoms with Gasteiger partial charge in [0.25, 0.3) is 0 Å². The number of nitrogens with zero attached hydrogens (tertiary/aromatic N) is 5. The molecule has 3 fully saturated rings. The maximum absolute atomic E-state index is 12.4. The molecular formula is C17H22N6OS. The molecule has 7 nitrogen and oxygen atoms in total. The van der Waals surface area contributed by atoms with Crippen molar-refractivity contribution in [2.24, 2.45) is 0 Å². The van der Waals surface area contributed by atoms with Crippen molar-refractivity contribution in [3.05, 3.63) is 18.5 Å². The van der Waals surface area contributed by atoms with Crippen LogP contribution in [0.3, 0.4) is 0 Å². The van der Waals surface area contributed by atoms with E-state index in [1.807, 2.05) is 6.07 Å². The van der Waals surface area contributed by atoms with Gasteiger partial charge >= 0.3 is 0 Å². The van der Waals surface area contributed by atoms with Gasteiger partial charge < -0.3 is 15.1 Å². The van der Waals surface area contributed by atoms with Gasteiger partial charge in [-0.3, -0.25) is 4.79 Å². The van der Waals surface area contributed by atoms with Gasteiger partial charge in [0, 0.05) is 36.3 Å². The Morgan fingerprint density at radius 1 is 1.32 bits per heavy atom. The summed E-state index contributed by atoms with van der Waals surface area (Å²) < 4.78 is 0. The van der Waals surface area contributed by atoms with Crippen molar-refractivity contribution in [2.45, 2.75) is 49.9 Å². The number of aromatic nitrogens is 2. The molecule has 8 heteroatoms. The fourth-order valence-corrected chi connectivity index (χ4v) is 5.33. The molecule has 0 aromatic carbocycles. The van der Waals surface area contributed by atoms with E-state index >= 15 is 0 Å². The van der Waals surface area contributed by atoms with Gasteiger partial charge in [-0.15, -0.1) is 11.8 Å². The molecule has 3 aliphatic rings. The number of hydrogen-bond acceptors (Lipinski definition) is 7. The van der Waals surface area contributed by atoms with Crippen LogP contribution in [-0.4, -0.2) is 63.1 Å². The number of amides is 1. The molecular weight excluding hydrogens is 336 g/mol. The molecule has 1 aromatic heterocycles. The predicted octanol–water partition coefficient (Wildman–Crippen LogP) is 0.991. The maximum atomic E-state index is 12.4. The summed E-state index contributed by atoms with van der Waals surface area (Å²) in [5, 5.41) is 12.6. The lowest BCUT2D eigenvalue weighted by Gasteiger charge is -2.39. The van der Waals surface area contributed by atoms with Crippen molar-refractivity contribution in [1.82, 2.24) is 20.2 Å². The van der Waals surface area contributed by atoms with E-state index in [4.69, 9.17) is 5.26 Å². The number of fused-ring (bicyclic) bond motifs is 2. The van der Waals surface area contributed by atoms with Crippen LogP contribution in [0.2, 0.25) is 0 Å². The molecule has 0 spiro atoms. The van der Waals surface area contributed by atoms with E-state index in [0.717, 1.165) is 37.4 Å². The number of anilines is 1. The number of piperidine rings is 1. The highest BCUT2D eigenvalue weighted by molar-refractivity contribution is 7.99. The highest BCUT2D eigenvalue weighted by Crippen LogP contribution is 2.37. The van der Waals surface area contributed by atoms with E-state index in [0.29, 0.717) is 30.5 Å². The lowest BCUT2D eigenvalue weighted by atomic mass is 9.97. The summed E-state index contributed by atoms with van der Waals surface area (Å²) in [5.74, 6) is 2.23. The maximum Gasteiger partial charge on any atom is 0.238 e. The third kappa shape index (κ3) is 3.31. The summed E-state index contributed by atoms with van der Waals surface area (Å²) in [6.07, 6.45) is 7.94. The molecule has 0 radical (unpaired) electrons. The molecule has 0 saturated carbocycles. The molecule has 1 amide bonds. The van der Waals surface area contributed by atoms with Crippen LogP contribution in [-0.2, 0) is 4.79 Å². The van der Waals surface area contributed by atoms with Crippen LogP contribution in [0.15, 0.2) is 18.5 Å². The molecule has 1 unspecified atom stereocenters. The lowest BCUT2D eigenvalue weighted by molar-refractivity contribution is -0.129. The summed E-state index contributed by atoms with van der Waals surface area (Å²) in [6.45, 7) is 0.324. The number of nitrogens with one attached hydrogen (secondary N) is 1. The first-order valence-electron chi connectivity index (χ1n) is 8.82. The van der Waals surface area contributed by atoms with Crippen molar-refractivity contribution in [2.75, 3.05) is 23.1 Å². The zero-order valence-electron chi connectivity index (χ0n) is 14.0.